The maximum absolute atomic E-state index is 12.3. The highest BCUT2D eigenvalue weighted by atomic mass is 16.2. The second-order valence-corrected chi connectivity index (χ2v) is 3.65. The number of anilines is 1. The van der Waals surface area contributed by atoms with Crippen molar-refractivity contribution in [1.29, 1.82) is 5.26 Å². The minimum atomic E-state index is -0.214. The Morgan fingerprint density at radius 2 is 2.17 bits per heavy atom. The summed E-state index contributed by atoms with van der Waals surface area (Å²) in [6, 6.07) is 11.1. The summed E-state index contributed by atoms with van der Waals surface area (Å²) in [5.41, 5.74) is 0.770. The van der Waals surface area contributed by atoms with Crippen molar-refractivity contribution in [2.75, 3.05) is 11.4 Å². The molecule has 0 fully saturated rings. The SMILES string of the molecule is N#CCCN(C(=O)n1ccnc1)c1ccccc1. The third kappa shape index (κ3) is 2.55. The Balaban J connectivity index is 2.26. The van der Waals surface area contributed by atoms with Gasteiger partial charge in [0.1, 0.15) is 6.33 Å². The minimum absolute atomic E-state index is 0.214. The quantitative estimate of drug-likeness (QED) is 0.826. The molecule has 0 aliphatic rings. The van der Waals surface area contributed by atoms with Crippen molar-refractivity contribution in [3.05, 3.63) is 49.1 Å². The van der Waals surface area contributed by atoms with E-state index in [1.54, 1.807) is 17.3 Å². The number of carbonyl (C=O) groups excluding carboxylic acids is 1. The van der Waals surface area contributed by atoms with Crippen LogP contribution in [0.4, 0.5) is 10.5 Å². The van der Waals surface area contributed by atoms with Gasteiger partial charge < -0.3 is 0 Å². The number of benzene rings is 1. The first-order valence-electron chi connectivity index (χ1n) is 5.55. The minimum Gasteiger partial charge on any atom is -0.293 e. The van der Waals surface area contributed by atoms with E-state index in [-0.39, 0.29) is 12.5 Å². The van der Waals surface area contributed by atoms with E-state index in [2.05, 4.69) is 4.98 Å². The van der Waals surface area contributed by atoms with Crippen LogP contribution in [-0.2, 0) is 0 Å². The van der Waals surface area contributed by atoms with Gasteiger partial charge in [-0.1, -0.05) is 18.2 Å². The van der Waals surface area contributed by atoms with Crippen molar-refractivity contribution in [2.45, 2.75) is 6.42 Å². The number of nitriles is 1. The molecule has 1 aromatic carbocycles. The summed E-state index contributed by atoms with van der Waals surface area (Å²) in [4.78, 5) is 17.7. The van der Waals surface area contributed by atoms with Crippen LogP contribution in [0.25, 0.3) is 0 Å². The van der Waals surface area contributed by atoms with Gasteiger partial charge in [-0.25, -0.2) is 9.78 Å². The van der Waals surface area contributed by atoms with Crippen LogP contribution in [-0.4, -0.2) is 22.1 Å². The lowest BCUT2D eigenvalue weighted by molar-refractivity contribution is 0.248. The van der Waals surface area contributed by atoms with E-state index >= 15 is 0 Å². The number of carbonyl (C=O) groups is 1. The number of aromatic nitrogens is 2. The Kier molecular flexibility index (Phi) is 3.72. The number of amides is 1. The molecule has 0 aliphatic carbocycles. The van der Waals surface area contributed by atoms with Crippen molar-refractivity contribution in [3.63, 3.8) is 0 Å². The van der Waals surface area contributed by atoms with E-state index in [0.29, 0.717) is 6.54 Å². The normalized spacial score (nSPS) is 9.72. The van der Waals surface area contributed by atoms with Gasteiger partial charge in [0.05, 0.1) is 12.5 Å². The lowest BCUT2D eigenvalue weighted by atomic mass is 10.3. The third-order valence-electron chi connectivity index (χ3n) is 2.47. The summed E-state index contributed by atoms with van der Waals surface area (Å²) in [5, 5.41) is 8.67. The fourth-order valence-electron chi connectivity index (χ4n) is 1.62. The van der Waals surface area contributed by atoms with Crippen LogP contribution in [0.5, 0.6) is 0 Å². The van der Waals surface area contributed by atoms with Gasteiger partial charge in [-0.3, -0.25) is 9.47 Å². The van der Waals surface area contributed by atoms with Gasteiger partial charge >= 0.3 is 6.03 Å². The van der Waals surface area contributed by atoms with Crippen LogP contribution in [0.1, 0.15) is 6.42 Å². The molecule has 5 nitrogen and oxygen atoms in total. The molecule has 2 aromatic rings. The molecule has 1 aromatic heterocycles. The second kappa shape index (κ2) is 5.64. The smallest absolute Gasteiger partial charge is 0.293 e. The van der Waals surface area contributed by atoms with Crippen molar-refractivity contribution in [2.24, 2.45) is 0 Å². The summed E-state index contributed by atoms with van der Waals surface area (Å²) in [5.74, 6) is 0. The van der Waals surface area contributed by atoms with Gasteiger partial charge in [-0.05, 0) is 12.1 Å². The van der Waals surface area contributed by atoms with E-state index in [1.807, 2.05) is 36.4 Å². The fraction of sp³-hybridized carbons (Fsp3) is 0.154. The molecule has 5 heteroatoms. The van der Waals surface area contributed by atoms with Crippen LogP contribution < -0.4 is 4.90 Å². The van der Waals surface area contributed by atoms with Crippen LogP contribution in [0.3, 0.4) is 0 Å². The predicted molar refractivity (Wildman–Crippen MR) is 67.0 cm³/mol. The molecule has 90 valence electrons. The molecule has 2 rings (SSSR count). The van der Waals surface area contributed by atoms with Crippen molar-refractivity contribution in [1.82, 2.24) is 9.55 Å². The van der Waals surface area contributed by atoms with Gasteiger partial charge in [-0.15, -0.1) is 0 Å². The third-order valence-corrected chi connectivity index (χ3v) is 2.47. The number of nitrogens with zero attached hydrogens (tertiary/aromatic N) is 4. The molecular formula is C13H12N4O. The number of rotatable bonds is 3. The molecule has 18 heavy (non-hydrogen) atoms. The maximum Gasteiger partial charge on any atom is 0.333 e. The molecule has 0 N–H and O–H groups in total. The zero-order valence-corrected chi connectivity index (χ0v) is 9.73. The highest BCUT2D eigenvalue weighted by Crippen LogP contribution is 2.15. The van der Waals surface area contributed by atoms with Crippen molar-refractivity contribution < 1.29 is 4.79 Å². The second-order valence-electron chi connectivity index (χ2n) is 3.65. The van der Waals surface area contributed by atoms with Crippen LogP contribution in [0.15, 0.2) is 49.1 Å². The molecule has 0 spiro atoms. The molecule has 0 saturated heterocycles. The molecule has 0 radical (unpaired) electrons. The highest BCUT2D eigenvalue weighted by Gasteiger charge is 2.16. The largest absolute Gasteiger partial charge is 0.333 e. The average Bonchev–Trinajstić information content (AvgIpc) is 2.94. The van der Waals surface area contributed by atoms with Crippen LogP contribution in [0, 0.1) is 11.3 Å². The van der Waals surface area contributed by atoms with E-state index in [1.165, 1.54) is 10.9 Å². The summed E-state index contributed by atoms with van der Waals surface area (Å²) in [6.07, 6.45) is 4.87. The topological polar surface area (TPSA) is 61.9 Å². The standard InChI is InChI=1S/C13H12N4O/c14-7-4-9-17(12-5-2-1-3-6-12)13(18)16-10-8-15-11-16/h1-3,5-6,8,10-11H,4,9H2. The van der Waals surface area contributed by atoms with Crippen molar-refractivity contribution >= 4 is 11.7 Å². The predicted octanol–water partition coefficient (Wildman–Crippen LogP) is 2.27. The number of para-hydroxylation sites is 1. The van der Waals surface area contributed by atoms with Gasteiger partial charge in [0.25, 0.3) is 0 Å². The van der Waals surface area contributed by atoms with E-state index in [4.69, 9.17) is 5.26 Å². The first kappa shape index (κ1) is 11.9. The molecule has 1 amide bonds. The number of hydrogen-bond donors (Lipinski definition) is 0. The van der Waals surface area contributed by atoms with E-state index in [0.717, 1.165) is 5.69 Å². The molecule has 0 saturated carbocycles. The van der Waals surface area contributed by atoms with Gasteiger partial charge in [-0.2, -0.15) is 5.26 Å². The first-order valence-corrected chi connectivity index (χ1v) is 5.55. The Morgan fingerprint density at radius 1 is 1.39 bits per heavy atom. The fourth-order valence-corrected chi connectivity index (χ4v) is 1.62. The zero-order valence-electron chi connectivity index (χ0n) is 9.73. The Hall–Kier alpha value is -2.61. The van der Waals surface area contributed by atoms with E-state index < -0.39 is 0 Å². The summed E-state index contributed by atoms with van der Waals surface area (Å²) in [7, 11) is 0. The Labute approximate surface area is 105 Å². The van der Waals surface area contributed by atoms with Crippen LogP contribution in [0.2, 0.25) is 0 Å². The molecule has 1 heterocycles. The van der Waals surface area contributed by atoms with Crippen LogP contribution >= 0.6 is 0 Å². The lowest BCUT2D eigenvalue weighted by Crippen LogP contribution is -2.34. The summed E-state index contributed by atoms with van der Waals surface area (Å²) >= 11 is 0. The molecule has 0 unspecified atom stereocenters. The molecule has 0 aliphatic heterocycles. The first-order chi connectivity index (χ1) is 8.83. The molecule has 0 atom stereocenters. The maximum atomic E-state index is 12.3. The van der Waals surface area contributed by atoms with Gasteiger partial charge in [0, 0.05) is 24.6 Å². The number of hydrogen-bond acceptors (Lipinski definition) is 3. The highest BCUT2D eigenvalue weighted by molar-refractivity contribution is 5.93. The molecule has 0 bridgehead atoms. The Bertz CT molecular complexity index is 542. The van der Waals surface area contributed by atoms with E-state index in [9.17, 15) is 4.79 Å². The lowest BCUT2D eigenvalue weighted by Gasteiger charge is -2.21. The zero-order chi connectivity index (χ0) is 12.8. The van der Waals surface area contributed by atoms with Crippen molar-refractivity contribution in [3.8, 4) is 6.07 Å². The summed E-state index contributed by atoms with van der Waals surface area (Å²) < 4.78 is 1.39. The monoisotopic (exact) mass is 240 g/mol. The average molecular weight is 240 g/mol. The van der Waals surface area contributed by atoms with Gasteiger partial charge in [0.2, 0.25) is 0 Å². The molecular weight excluding hydrogens is 228 g/mol. The summed E-state index contributed by atoms with van der Waals surface area (Å²) in [6.45, 7) is 0.359. The number of imidazole rings is 1. The Morgan fingerprint density at radius 3 is 2.78 bits per heavy atom. The van der Waals surface area contributed by atoms with Gasteiger partial charge in [0.15, 0.2) is 0 Å².